The van der Waals surface area contributed by atoms with E-state index in [9.17, 15) is 4.79 Å². The molecule has 98 valence electrons. The Balaban J connectivity index is 2.24. The lowest BCUT2D eigenvalue weighted by atomic mass is 10.1. The number of rotatable bonds is 3. The molecule has 1 aromatic carbocycles. The SMILES string of the molecule is Cc1cc(C)cc(N2CCOCC2CC(=O)O)c1. The van der Waals surface area contributed by atoms with E-state index in [-0.39, 0.29) is 12.5 Å². The minimum absolute atomic E-state index is 0.0718. The summed E-state index contributed by atoms with van der Waals surface area (Å²) < 4.78 is 5.39. The molecule has 0 spiro atoms. The molecule has 1 N–H and O–H groups in total. The van der Waals surface area contributed by atoms with Crippen LogP contribution in [0.5, 0.6) is 0 Å². The van der Waals surface area contributed by atoms with Crippen LogP contribution in [-0.2, 0) is 9.53 Å². The van der Waals surface area contributed by atoms with Gasteiger partial charge >= 0.3 is 5.97 Å². The summed E-state index contributed by atoms with van der Waals surface area (Å²) in [7, 11) is 0. The number of hydrogen-bond donors (Lipinski definition) is 1. The maximum absolute atomic E-state index is 10.9. The van der Waals surface area contributed by atoms with Crippen LogP contribution in [0.25, 0.3) is 0 Å². The largest absolute Gasteiger partial charge is 0.481 e. The first-order valence-corrected chi connectivity index (χ1v) is 6.21. The summed E-state index contributed by atoms with van der Waals surface area (Å²) >= 11 is 0. The zero-order valence-corrected chi connectivity index (χ0v) is 10.8. The number of hydrogen-bond acceptors (Lipinski definition) is 3. The van der Waals surface area contributed by atoms with Crippen molar-refractivity contribution in [1.29, 1.82) is 0 Å². The molecule has 1 unspecified atom stereocenters. The van der Waals surface area contributed by atoms with Crippen LogP contribution in [0.15, 0.2) is 18.2 Å². The maximum Gasteiger partial charge on any atom is 0.305 e. The zero-order chi connectivity index (χ0) is 13.1. The summed E-state index contributed by atoms with van der Waals surface area (Å²) in [5.74, 6) is -0.778. The molecule has 4 nitrogen and oxygen atoms in total. The van der Waals surface area contributed by atoms with Gasteiger partial charge < -0.3 is 14.7 Å². The third-order valence-electron chi connectivity index (χ3n) is 3.18. The van der Waals surface area contributed by atoms with Crippen LogP contribution < -0.4 is 4.90 Å². The third kappa shape index (κ3) is 3.01. The Bertz CT molecular complexity index is 424. The smallest absolute Gasteiger partial charge is 0.305 e. The van der Waals surface area contributed by atoms with E-state index in [1.54, 1.807) is 0 Å². The first-order chi connectivity index (χ1) is 8.56. The second kappa shape index (κ2) is 5.40. The van der Waals surface area contributed by atoms with Crippen molar-refractivity contribution in [3.8, 4) is 0 Å². The number of benzene rings is 1. The Labute approximate surface area is 107 Å². The molecule has 1 heterocycles. The Hall–Kier alpha value is -1.55. The van der Waals surface area contributed by atoms with Crippen LogP contribution in [0.1, 0.15) is 17.5 Å². The highest BCUT2D eigenvalue weighted by molar-refractivity contribution is 5.69. The van der Waals surface area contributed by atoms with Crippen molar-refractivity contribution in [1.82, 2.24) is 0 Å². The zero-order valence-electron chi connectivity index (χ0n) is 10.8. The van der Waals surface area contributed by atoms with Gasteiger partial charge in [0.15, 0.2) is 0 Å². The fraction of sp³-hybridized carbons (Fsp3) is 0.500. The van der Waals surface area contributed by atoms with Crippen LogP contribution in [0.2, 0.25) is 0 Å². The molecule has 18 heavy (non-hydrogen) atoms. The third-order valence-corrected chi connectivity index (χ3v) is 3.18. The van der Waals surface area contributed by atoms with E-state index < -0.39 is 5.97 Å². The van der Waals surface area contributed by atoms with Gasteiger partial charge in [0.2, 0.25) is 0 Å². The summed E-state index contributed by atoms with van der Waals surface area (Å²) in [6.45, 7) is 6.01. The average molecular weight is 249 g/mol. The molecule has 1 saturated heterocycles. The number of aliphatic carboxylic acids is 1. The van der Waals surface area contributed by atoms with E-state index in [2.05, 4.69) is 36.9 Å². The standard InChI is InChI=1S/C14H19NO3/c1-10-5-11(2)7-12(6-10)15-3-4-18-9-13(15)8-14(16)17/h5-7,13H,3-4,8-9H2,1-2H3,(H,16,17). The number of carboxylic acids is 1. The van der Waals surface area contributed by atoms with Crippen LogP contribution in [0, 0.1) is 13.8 Å². The normalized spacial score (nSPS) is 19.9. The highest BCUT2D eigenvalue weighted by atomic mass is 16.5. The lowest BCUT2D eigenvalue weighted by molar-refractivity contribution is -0.138. The van der Waals surface area contributed by atoms with E-state index in [0.29, 0.717) is 13.2 Å². The van der Waals surface area contributed by atoms with Crippen molar-refractivity contribution in [3.05, 3.63) is 29.3 Å². The van der Waals surface area contributed by atoms with Crippen molar-refractivity contribution in [2.24, 2.45) is 0 Å². The number of aryl methyl sites for hydroxylation is 2. The molecule has 0 amide bonds. The molecular weight excluding hydrogens is 230 g/mol. The fourth-order valence-electron chi connectivity index (χ4n) is 2.48. The number of carbonyl (C=O) groups is 1. The van der Waals surface area contributed by atoms with Crippen LogP contribution in [0.4, 0.5) is 5.69 Å². The highest BCUT2D eigenvalue weighted by Crippen LogP contribution is 2.24. The number of ether oxygens (including phenoxy) is 1. The highest BCUT2D eigenvalue weighted by Gasteiger charge is 2.25. The second-order valence-corrected chi connectivity index (χ2v) is 4.87. The van der Waals surface area contributed by atoms with Gasteiger partial charge in [0.25, 0.3) is 0 Å². The van der Waals surface area contributed by atoms with Gasteiger partial charge in [-0.2, -0.15) is 0 Å². The number of nitrogens with zero attached hydrogens (tertiary/aromatic N) is 1. The lowest BCUT2D eigenvalue weighted by Crippen LogP contribution is -2.46. The Kier molecular flexibility index (Phi) is 3.87. The van der Waals surface area contributed by atoms with Crippen molar-refractivity contribution >= 4 is 11.7 Å². The first-order valence-electron chi connectivity index (χ1n) is 6.21. The second-order valence-electron chi connectivity index (χ2n) is 4.87. The van der Waals surface area contributed by atoms with E-state index in [0.717, 1.165) is 12.2 Å². The number of carboxylic acid groups (broad SMARTS) is 1. The van der Waals surface area contributed by atoms with Gasteiger partial charge in [0.05, 0.1) is 25.7 Å². The van der Waals surface area contributed by atoms with Crippen LogP contribution >= 0.6 is 0 Å². The van der Waals surface area contributed by atoms with Crippen molar-refractivity contribution < 1.29 is 14.6 Å². The monoisotopic (exact) mass is 249 g/mol. The van der Waals surface area contributed by atoms with Gasteiger partial charge in [0, 0.05) is 12.2 Å². The van der Waals surface area contributed by atoms with Gasteiger partial charge in [-0.15, -0.1) is 0 Å². The number of anilines is 1. The van der Waals surface area contributed by atoms with E-state index in [1.165, 1.54) is 11.1 Å². The number of morpholine rings is 1. The summed E-state index contributed by atoms with van der Waals surface area (Å²) in [5.41, 5.74) is 3.50. The van der Waals surface area contributed by atoms with Crippen LogP contribution in [0.3, 0.4) is 0 Å². The molecule has 0 aliphatic carbocycles. The minimum Gasteiger partial charge on any atom is -0.481 e. The predicted molar refractivity (Wildman–Crippen MR) is 70.1 cm³/mol. The Morgan fingerprint density at radius 1 is 1.39 bits per heavy atom. The van der Waals surface area contributed by atoms with E-state index in [1.807, 2.05) is 0 Å². The average Bonchev–Trinajstić information content (AvgIpc) is 2.27. The molecule has 1 fully saturated rings. The molecule has 0 saturated carbocycles. The molecule has 0 radical (unpaired) electrons. The molecular formula is C14H19NO3. The Morgan fingerprint density at radius 3 is 2.67 bits per heavy atom. The molecule has 0 bridgehead atoms. The van der Waals surface area contributed by atoms with Crippen molar-refractivity contribution in [2.75, 3.05) is 24.7 Å². The molecule has 0 aromatic heterocycles. The van der Waals surface area contributed by atoms with Gasteiger partial charge in [-0.1, -0.05) is 6.07 Å². The lowest BCUT2D eigenvalue weighted by Gasteiger charge is -2.37. The topological polar surface area (TPSA) is 49.8 Å². The maximum atomic E-state index is 10.9. The predicted octanol–water partition coefficient (Wildman–Crippen LogP) is 1.98. The molecule has 1 aromatic rings. The summed E-state index contributed by atoms with van der Waals surface area (Å²) in [5, 5.41) is 8.96. The summed E-state index contributed by atoms with van der Waals surface area (Å²) in [6, 6.07) is 6.26. The molecule has 1 aliphatic rings. The molecule has 1 aliphatic heterocycles. The van der Waals surface area contributed by atoms with Gasteiger partial charge in [-0.25, -0.2) is 0 Å². The van der Waals surface area contributed by atoms with Crippen LogP contribution in [-0.4, -0.2) is 36.9 Å². The van der Waals surface area contributed by atoms with Gasteiger partial charge in [0.1, 0.15) is 0 Å². The molecule has 4 heteroatoms. The molecule has 2 rings (SSSR count). The minimum atomic E-state index is -0.778. The van der Waals surface area contributed by atoms with Crippen molar-refractivity contribution in [2.45, 2.75) is 26.3 Å². The fourth-order valence-corrected chi connectivity index (χ4v) is 2.48. The van der Waals surface area contributed by atoms with Gasteiger partial charge in [-0.05, 0) is 37.1 Å². The Morgan fingerprint density at radius 2 is 2.06 bits per heavy atom. The van der Waals surface area contributed by atoms with Crippen molar-refractivity contribution in [3.63, 3.8) is 0 Å². The first kappa shape index (κ1) is 12.9. The molecule has 1 atom stereocenters. The summed E-state index contributed by atoms with van der Waals surface area (Å²) in [4.78, 5) is 13.0. The summed E-state index contributed by atoms with van der Waals surface area (Å²) in [6.07, 6.45) is 0.118. The quantitative estimate of drug-likeness (QED) is 0.890. The van der Waals surface area contributed by atoms with E-state index in [4.69, 9.17) is 9.84 Å². The van der Waals surface area contributed by atoms with E-state index >= 15 is 0 Å². The van der Waals surface area contributed by atoms with Gasteiger partial charge in [-0.3, -0.25) is 4.79 Å².